The van der Waals surface area contributed by atoms with Gasteiger partial charge in [0.1, 0.15) is 5.82 Å². The maximum Gasteiger partial charge on any atom is 0.222 e. The number of hydrogen-bond donors (Lipinski definition) is 3. The van der Waals surface area contributed by atoms with E-state index in [0.29, 0.717) is 17.9 Å². The number of anilines is 2. The van der Waals surface area contributed by atoms with Gasteiger partial charge in [0, 0.05) is 23.7 Å². The Morgan fingerprint density at radius 3 is 2.68 bits per heavy atom. The molecule has 1 heterocycles. The smallest absolute Gasteiger partial charge is 0.222 e. The third kappa shape index (κ3) is 3.47. The zero-order valence-corrected chi connectivity index (χ0v) is 14.7. The predicted molar refractivity (Wildman–Crippen MR) is 102 cm³/mol. The number of fused-ring (bicyclic) bond motifs is 3. The van der Waals surface area contributed by atoms with Crippen LogP contribution in [0, 0.1) is 5.92 Å². The summed E-state index contributed by atoms with van der Waals surface area (Å²) in [5.74, 6) is 1.95. The Labute approximate surface area is 149 Å². The molecular formula is C20H27N5. The Morgan fingerprint density at radius 2 is 1.84 bits per heavy atom. The van der Waals surface area contributed by atoms with Crippen LogP contribution in [0.5, 0.6) is 0 Å². The van der Waals surface area contributed by atoms with Crippen LogP contribution in [0.25, 0.3) is 11.3 Å². The number of nitrogen functional groups attached to an aromatic ring is 1. The van der Waals surface area contributed by atoms with Crippen molar-refractivity contribution < 1.29 is 0 Å². The summed E-state index contributed by atoms with van der Waals surface area (Å²) >= 11 is 0. The number of nitrogens with one attached hydrogen (secondary N) is 1. The van der Waals surface area contributed by atoms with Crippen molar-refractivity contribution in [1.82, 2.24) is 9.97 Å². The zero-order valence-electron chi connectivity index (χ0n) is 14.7. The molecule has 4 rings (SSSR count). The summed E-state index contributed by atoms with van der Waals surface area (Å²) in [6.07, 6.45) is 7.83. The minimum Gasteiger partial charge on any atom is -0.369 e. The Kier molecular flexibility index (Phi) is 4.57. The van der Waals surface area contributed by atoms with Gasteiger partial charge in [0.15, 0.2) is 0 Å². The highest BCUT2D eigenvalue weighted by Crippen LogP contribution is 2.35. The standard InChI is InChI=1S/C20H27N5/c21-15-10-8-13(9-11-15)12-23-19-17-7-3-5-14-4-1-2-6-16(14)18(17)24-20(22)25-19/h1-2,4,6,13,15H,3,5,7-12,21H2,(H3,22,23,24,25)/t13-,15-. The molecule has 5 nitrogen and oxygen atoms in total. The average molecular weight is 337 g/mol. The second-order valence-corrected chi connectivity index (χ2v) is 7.43. The highest BCUT2D eigenvalue weighted by atomic mass is 15.1. The molecule has 0 spiro atoms. The summed E-state index contributed by atoms with van der Waals surface area (Å²) in [6, 6.07) is 8.91. The fourth-order valence-corrected chi connectivity index (χ4v) is 4.17. The number of aromatic nitrogens is 2. The minimum absolute atomic E-state index is 0.351. The molecule has 0 amide bonds. The first-order chi connectivity index (χ1) is 12.2. The summed E-state index contributed by atoms with van der Waals surface area (Å²) in [4.78, 5) is 9.12. The molecule has 2 aliphatic carbocycles. The van der Waals surface area contributed by atoms with Crippen molar-refractivity contribution in [3.8, 4) is 11.3 Å². The van der Waals surface area contributed by atoms with E-state index in [1.54, 1.807) is 0 Å². The summed E-state index contributed by atoms with van der Waals surface area (Å²) in [6.45, 7) is 0.942. The second kappa shape index (κ2) is 7.00. The van der Waals surface area contributed by atoms with Gasteiger partial charge in [0.2, 0.25) is 5.95 Å². The molecule has 0 bridgehead atoms. The van der Waals surface area contributed by atoms with Gasteiger partial charge in [-0.3, -0.25) is 0 Å². The third-order valence-electron chi connectivity index (χ3n) is 5.62. The van der Waals surface area contributed by atoms with E-state index in [1.165, 1.54) is 29.5 Å². The van der Waals surface area contributed by atoms with Crippen molar-refractivity contribution >= 4 is 11.8 Å². The molecule has 0 atom stereocenters. The van der Waals surface area contributed by atoms with Gasteiger partial charge in [-0.2, -0.15) is 4.98 Å². The molecule has 25 heavy (non-hydrogen) atoms. The highest BCUT2D eigenvalue weighted by Gasteiger charge is 2.22. The molecule has 1 aromatic heterocycles. The van der Waals surface area contributed by atoms with E-state index in [0.717, 1.165) is 50.2 Å². The lowest BCUT2D eigenvalue weighted by Gasteiger charge is -2.26. The topological polar surface area (TPSA) is 89.8 Å². The Hall–Kier alpha value is -2.14. The van der Waals surface area contributed by atoms with Gasteiger partial charge >= 0.3 is 0 Å². The summed E-state index contributed by atoms with van der Waals surface area (Å²) in [5.41, 5.74) is 16.8. The fraction of sp³-hybridized carbons (Fsp3) is 0.500. The van der Waals surface area contributed by atoms with Gasteiger partial charge in [-0.25, -0.2) is 4.98 Å². The normalized spacial score (nSPS) is 22.6. The van der Waals surface area contributed by atoms with Crippen LogP contribution < -0.4 is 16.8 Å². The van der Waals surface area contributed by atoms with Gasteiger partial charge in [0.05, 0.1) is 5.69 Å². The number of nitrogens with zero attached hydrogens (tertiary/aromatic N) is 2. The second-order valence-electron chi connectivity index (χ2n) is 7.43. The van der Waals surface area contributed by atoms with E-state index in [4.69, 9.17) is 11.5 Å². The SMILES string of the molecule is Nc1nc(NC[C@H]2CC[C@H](N)CC2)c2c(n1)-c1ccccc1CCC2. The van der Waals surface area contributed by atoms with Gasteiger partial charge in [-0.05, 0) is 56.4 Å². The monoisotopic (exact) mass is 337 g/mol. The Morgan fingerprint density at radius 1 is 1.04 bits per heavy atom. The lowest BCUT2D eigenvalue weighted by Crippen LogP contribution is -2.29. The van der Waals surface area contributed by atoms with E-state index in [-0.39, 0.29) is 0 Å². The summed E-state index contributed by atoms with van der Waals surface area (Å²) in [5, 5.41) is 3.58. The minimum atomic E-state index is 0.351. The molecule has 1 fully saturated rings. The first kappa shape index (κ1) is 16.3. The first-order valence-electron chi connectivity index (χ1n) is 9.45. The molecule has 0 saturated heterocycles. The molecule has 5 heteroatoms. The summed E-state index contributed by atoms with van der Waals surface area (Å²) < 4.78 is 0. The van der Waals surface area contributed by atoms with Crippen LogP contribution in [0.15, 0.2) is 24.3 Å². The molecule has 0 unspecified atom stereocenters. The van der Waals surface area contributed by atoms with Crippen LogP contribution in [0.1, 0.15) is 43.2 Å². The lowest BCUT2D eigenvalue weighted by atomic mass is 9.86. The highest BCUT2D eigenvalue weighted by molar-refractivity contribution is 5.73. The number of rotatable bonds is 3. The number of aryl methyl sites for hydroxylation is 1. The lowest BCUT2D eigenvalue weighted by molar-refractivity contribution is 0.338. The maximum absolute atomic E-state index is 6.04. The predicted octanol–water partition coefficient (Wildman–Crippen LogP) is 3.14. The largest absolute Gasteiger partial charge is 0.369 e. The van der Waals surface area contributed by atoms with Gasteiger partial charge < -0.3 is 16.8 Å². The van der Waals surface area contributed by atoms with Crippen molar-refractivity contribution in [2.45, 2.75) is 51.0 Å². The van der Waals surface area contributed by atoms with Crippen LogP contribution in [0.2, 0.25) is 0 Å². The van der Waals surface area contributed by atoms with E-state index in [2.05, 4.69) is 39.6 Å². The molecular weight excluding hydrogens is 310 g/mol. The van der Waals surface area contributed by atoms with E-state index in [1.807, 2.05) is 0 Å². The third-order valence-corrected chi connectivity index (χ3v) is 5.62. The van der Waals surface area contributed by atoms with Crippen molar-refractivity contribution in [1.29, 1.82) is 0 Å². The van der Waals surface area contributed by atoms with Gasteiger partial charge in [-0.15, -0.1) is 0 Å². The molecule has 2 aliphatic rings. The van der Waals surface area contributed by atoms with E-state index in [9.17, 15) is 0 Å². The molecule has 0 radical (unpaired) electrons. The maximum atomic E-state index is 6.04. The van der Waals surface area contributed by atoms with Crippen molar-refractivity contribution in [3.05, 3.63) is 35.4 Å². The van der Waals surface area contributed by atoms with Gasteiger partial charge in [0.25, 0.3) is 0 Å². The average Bonchev–Trinajstić information content (AvgIpc) is 2.81. The van der Waals surface area contributed by atoms with Crippen LogP contribution in [0.3, 0.4) is 0 Å². The number of benzene rings is 1. The Balaban J connectivity index is 1.61. The van der Waals surface area contributed by atoms with Crippen LogP contribution >= 0.6 is 0 Å². The van der Waals surface area contributed by atoms with E-state index < -0.39 is 0 Å². The molecule has 1 saturated carbocycles. The van der Waals surface area contributed by atoms with Crippen molar-refractivity contribution in [2.24, 2.45) is 11.7 Å². The van der Waals surface area contributed by atoms with Crippen LogP contribution in [-0.2, 0) is 12.8 Å². The van der Waals surface area contributed by atoms with Crippen LogP contribution in [0.4, 0.5) is 11.8 Å². The molecule has 5 N–H and O–H groups in total. The zero-order chi connectivity index (χ0) is 17.2. The quantitative estimate of drug-likeness (QED) is 0.800. The molecule has 0 aliphatic heterocycles. The van der Waals surface area contributed by atoms with Crippen molar-refractivity contribution in [3.63, 3.8) is 0 Å². The molecule has 2 aromatic rings. The van der Waals surface area contributed by atoms with Gasteiger partial charge in [-0.1, -0.05) is 24.3 Å². The first-order valence-corrected chi connectivity index (χ1v) is 9.45. The van der Waals surface area contributed by atoms with E-state index >= 15 is 0 Å². The molecule has 1 aromatic carbocycles. The summed E-state index contributed by atoms with van der Waals surface area (Å²) in [7, 11) is 0. The number of nitrogens with two attached hydrogens (primary N) is 2. The number of hydrogen-bond acceptors (Lipinski definition) is 5. The van der Waals surface area contributed by atoms with Crippen molar-refractivity contribution in [2.75, 3.05) is 17.6 Å². The fourth-order valence-electron chi connectivity index (χ4n) is 4.17. The van der Waals surface area contributed by atoms with Crippen LogP contribution in [-0.4, -0.2) is 22.6 Å². The molecule has 132 valence electrons. The Bertz CT molecular complexity index is 750.